The highest BCUT2D eigenvalue weighted by Crippen LogP contribution is 2.23. The zero-order chi connectivity index (χ0) is 16.3. The van der Waals surface area contributed by atoms with Gasteiger partial charge < -0.3 is 10.4 Å². The Hall–Kier alpha value is -2.21. The molecule has 0 fully saturated rings. The molecule has 2 rings (SSSR count). The summed E-state index contributed by atoms with van der Waals surface area (Å²) in [6.07, 6.45) is 0.0684. The van der Waals surface area contributed by atoms with Gasteiger partial charge in [0.05, 0.1) is 6.42 Å². The number of hydrogen-bond acceptors (Lipinski definition) is 4. The number of carboxylic acids is 1. The normalized spacial score (nSPS) is 11.2. The molecule has 1 heterocycles. The van der Waals surface area contributed by atoms with E-state index in [9.17, 15) is 9.59 Å². The number of amides is 1. The fourth-order valence-electron chi connectivity index (χ4n) is 1.89. The van der Waals surface area contributed by atoms with E-state index in [-0.39, 0.29) is 23.4 Å². The van der Waals surface area contributed by atoms with Gasteiger partial charge in [-0.3, -0.25) is 4.79 Å². The third kappa shape index (κ3) is 4.14. The Balaban J connectivity index is 1.98. The molecule has 0 unspecified atom stereocenters. The molecule has 5 nitrogen and oxygen atoms in total. The minimum absolute atomic E-state index is 0.0256. The number of carbonyl (C=O) groups excluding carboxylic acids is 1. The first kappa shape index (κ1) is 16.2. The molecule has 0 atom stereocenters. The summed E-state index contributed by atoms with van der Waals surface area (Å²) < 4.78 is 0. The van der Waals surface area contributed by atoms with Crippen molar-refractivity contribution in [2.45, 2.75) is 32.6 Å². The monoisotopic (exact) mass is 318 g/mol. The molecule has 2 aromatic rings. The van der Waals surface area contributed by atoms with Crippen LogP contribution in [0.4, 0.5) is 5.69 Å². The predicted molar refractivity (Wildman–Crippen MR) is 86.5 cm³/mol. The van der Waals surface area contributed by atoms with Crippen LogP contribution in [0.1, 0.15) is 41.8 Å². The summed E-state index contributed by atoms with van der Waals surface area (Å²) in [6.45, 7) is 6.38. The second-order valence-electron chi connectivity index (χ2n) is 5.98. The molecule has 0 aliphatic carbocycles. The minimum Gasteiger partial charge on any atom is -0.476 e. The number of carboxylic acid groups (broad SMARTS) is 1. The van der Waals surface area contributed by atoms with Crippen LogP contribution in [0.25, 0.3) is 0 Å². The van der Waals surface area contributed by atoms with Crippen LogP contribution in [0.15, 0.2) is 29.6 Å². The smallest absolute Gasteiger partial charge is 0.355 e. The standard InChI is InChI=1S/C16H18N2O3S/c1-16(2,3)10-4-6-11(7-5-10)17-13(19)8-14-18-12(9-22-14)15(20)21/h4-7,9H,8H2,1-3H3,(H,17,19)(H,20,21). The van der Waals surface area contributed by atoms with Crippen molar-refractivity contribution < 1.29 is 14.7 Å². The van der Waals surface area contributed by atoms with E-state index in [1.54, 1.807) is 0 Å². The average Bonchev–Trinajstić information content (AvgIpc) is 2.86. The Bertz CT molecular complexity index is 684. The number of anilines is 1. The molecular weight excluding hydrogens is 300 g/mol. The molecule has 116 valence electrons. The molecule has 0 radical (unpaired) electrons. The molecule has 0 spiro atoms. The maximum atomic E-state index is 12.0. The molecule has 22 heavy (non-hydrogen) atoms. The van der Waals surface area contributed by atoms with Gasteiger partial charge >= 0.3 is 5.97 Å². The van der Waals surface area contributed by atoms with Gasteiger partial charge in [0.25, 0.3) is 0 Å². The zero-order valence-electron chi connectivity index (χ0n) is 12.7. The van der Waals surface area contributed by atoms with Crippen LogP contribution in [0.5, 0.6) is 0 Å². The number of hydrogen-bond donors (Lipinski definition) is 2. The number of rotatable bonds is 4. The van der Waals surface area contributed by atoms with E-state index in [0.29, 0.717) is 10.7 Å². The molecule has 2 N–H and O–H groups in total. The van der Waals surface area contributed by atoms with Crippen molar-refractivity contribution in [2.75, 3.05) is 5.32 Å². The van der Waals surface area contributed by atoms with Crippen LogP contribution in [-0.4, -0.2) is 22.0 Å². The van der Waals surface area contributed by atoms with Gasteiger partial charge in [0, 0.05) is 11.1 Å². The molecule has 0 saturated heterocycles. The maximum Gasteiger partial charge on any atom is 0.355 e. The molecule has 0 aliphatic heterocycles. The zero-order valence-corrected chi connectivity index (χ0v) is 13.5. The Morgan fingerprint density at radius 3 is 2.36 bits per heavy atom. The Morgan fingerprint density at radius 2 is 1.86 bits per heavy atom. The van der Waals surface area contributed by atoms with Crippen molar-refractivity contribution in [1.82, 2.24) is 4.98 Å². The molecule has 0 aliphatic rings. The Labute approximate surface area is 133 Å². The molecule has 1 amide bonds. The fraction of sp³-hybridized carbons (Fsp3) is 0.312. The number of benzene rings is 1. The van der Waals surface area contributed by atoms with Gasteiger partial charge in [-0.1, -0.05) is 32.9 Å². The van der Waals surface area contributed by atoms with Gasteiger partial charge in [0.1, 0.15) is 5.01 Å². The lowest BCUT2D eigenvalue weighted by molar-refractivity contribution is -0.115. The number of nitrogens with one attached hydrogen (secondary N) is 1. The van der Waals surface area contributed by atoms with E-state index < -0.39 is 5.97 Å². The number of aromatic carboxylic acids is 1. The molecule has 6 heteroatoms. The molecular formula is C16H18N2O3S. The van der Waals surface area contributed by atoms with Crippen molar-refractivity contribution >= 4 is 28.9 Å². The quantitative estimate of drug-likeness (QED) is 0.906. The summed E-state index contributed by atoms with van der Waals surface area (Å²) >= 11 is 1.17. The lowest BCUT2D eigenvalue weighted by atomic mass is 9.87. The van der Waals surface area contributed by atoms with Crippen LogP contribution < -0.4 is 5.32 Å². The van der Waals surface area contributed by atoms with Gasteiger partial charge in [-0.25, -0.2) is 9.78 Å². The highest BCUT2D eigenvalue weighted by Gasteiger charge is 2.14. The predicted octanol–water partition coefficient (Wildman–Crippen LogP) is 3.32. The van der Waals surface area contributed by atoms with Crippen LogP contribution in [0, 0.1) is 0 Å². The lowest BCUT2D eigenvalue weighted by Crippen LogP contribution is -2.15. The van der Waals surface area contributed by atoms with Gasteiger partial charge in [-0.05, 0) is 23.1 Å². The van der Waals surface area contributed by atoms with E-state index in [0.717, 1.165) is 0 Å². The molecule has 1 aromatic carbocycles. The van der Waals surface area contributed by atoms with Crippen molar-refractivity contribution in [3.63, 3.8) is 0 Å². The highest BCUT2D eigenvalue weighted by atomic mass is 32.1. The van der Waals surface area contributed by atoms with Crippen molar-refractivity contribution in [3.8, 4) is 0 Å². The third-order valence-electron chi connectivity index (χ3n) is 3.12. The largest absolute Gasteiger partial charge is 0.476 e. The first-order chi connectivity index (χ1) is 10.3. The second kappa shape index (κ2) is 6.27. The Morgan fingerprint density at radius 1 is 1.23 bits per heavy atom. The minimum atomic E-state index is -1.08. The highest BCUT2D eigenvalue weighted by molar-refractivity contribution is 7.09. The van der Waals surface area contributed by atoms with Gasteiger partial charge in [-0.2, -0.15) is 0 Å². The topological polar surface area (TPSA) is 79.3 Å². The number of carbonyl (C=O) groups is 2. The summed E-state index contributed by atoms with van der Waals surface area (Å²) in [5.41, 5.74) is 1.95. The van der Waals surface area contributed by atoms with E-state index in [2.05, 4.69) is 31.1 Å². The molecule has 0 saturated carbocycles. The lowest BCUT2D eigenvalue weighted by Gasteiger charge is -2.19. The van der Waals surface area contributed by atoms with E-state index >= 15 is 0 Å². The first-order valence-corrected chi connectivity index (χ1v) is 7.72. The van der Waals surface area contributed by atoms with Gasteiger partial charge in [0.2, 0.25) is 5.91 Å². The van der Waals surface area contributed by atoms with Crippen molar-refractivity contribution in [3.05, 3.63) is 45.9 Å². The van der Waals surface area contributed by atoms with Crippen LogP contribution in [0.2, 0.25) is 0 Å². The number of nitrogens with zero attached hydrogens (tertiary/aromatic N) is 1. The second-order valence-corrected chi connectivity index (χ2v) is 6.93. The van der Waals surface area contributed by atoms with E-state index in [1.165, 1.54) is 22.3 Å². The summed E-state index contributed by atoms with van der Waals surface area (Å²) in [6, 6.07) is 7.70. The van der Waals surface area contributed by atoms with E-state index in [1.807, 2.05) is 24.3 Å². The van der Waals surface area contributed by atoms with Crippen LogP contribution >= 0.6 is 11.3 Å². The Kier molecular flexibility index (Phi) is 4.61. The van der Waals surface area contributed by atoms with E-state index in [4.69, 9.17) is 5.11 Å². The fourth-order valence-corrected chi connectivity index (χ4v) is 2.65. The van der Waals surface area contributed by atoms with Crippen LogP contribution in [0.3, 0.4) is 0 Å². The SMILES string of the molecule is CC(C)(C)c1ccc(NC(=O)Cc2nc(C(=O)O)cs2)cc1. The average molecular weight is 318 g/mol. The summed E-state index contributed by atoms with van der Waals surface area (Å²) in [5.74, 6) is -1.30. The number of thiazole rings is 1. The summed E-state index contributed by atoms with van der Waals surface area (Å²) in [7, 11) is 0. The van der Waals surface area contributed by atoms with Crippen molar-refractivity contribution in [2.24, 2.45) is 0 Å². The van der Waals surface area contributed by atoms with Gasteiger partial charge in [-0.15, -0.1) is 11.3 Å². The summed E-state index contributed by atoms with van der Waals surface area (Å²) in [4.78, 5) is 26.6. The first-order valence-electron chi connectivity index (χ1n) is 6.84. The van der Waals surface area contributed by atoms with Crippen molar-refractivity contribution in [1.29, 1.82) is 0 Å². The molecule has 0 bridgehead atoms. The maximum absolute atomic E-state index is 12.0. The molecule has 1 aromatic heterocycles. The summed E-state index contributed by atoms with van der Waals surface area (Å²) in [5, 5.41) is 13.5. The van der Waals surface area contributed by atoms with Crippen LogP contribution in [-0.2, 0) is 16.6 Å². The number of aromatic nitrogens is 1. The third-order valence-corrected chi connectivity index (χ3v) is 3.97. The van der Waals surface area contributed by atoms with Gasteiger partial charge in [0.15, 0.2) is 5.69 Å².